The van der Waals surface area contributed by atoms with E-state index in [0.717, 1.165) is 32.4 Å². The van der Waals surface area contributed by atoms with Gasteiger partial charge in [0, 0.05) is 31.6 Å². The van der Waals surface area contributed by atoms with Crippen molar-refractivity contribution in [2.75, 3.05) is 52.5 Å². The molecule has 32 heavy (non-hydrogen) atoms. The summed E-state index contributed by atoms with van der Waals surface area (Å²) < 4.78 is 17.0. The van der Waals surface area contributed by atoms with Crippen LogP contribution in [0.15, 0.2) is 24.3 Å². The van der Waals surface area contributed by atoms with Gasteiger partial charge in [-0.25, -0.2) is 4.79 Å². The lowest BCUT2D eigenvalue weighted by atomic mass is 9.77. The first-order chi connectivity index (χ1) is 15.3. The molecular weight excluding hydrogens is 410 g/mol. The van der Waals surface area contributed by atoms with Gasteiger partial charge in [-0.3, -0.25) is 4.79 Å². The lowest BCUT2D eigenvalue weighted by Crippen LogP contribution is -2.52. The summed E-state index contributed by atoms with van der Waals surface area (Å²) in [4.78, 5) is 27.6. The summed E-state index contributed by atoms with van der Waals surface area (Å²) in [6.07, 6.45) is 2.35. The van der Waals surface area contributed by atoms with Crippen molar-refractivity contribution in [2.45, 2.75) is 45.6 Å². The Kier molecular flexibility index (Phi) is 8.37. The maximum Gasteiger partial charge on any atom is 0.410 e. The number of hydrogen-bond donors (Lipinski definition) is 2. The summed E-state index contributed by atoms with van der Waals surface area (Å²) in [7, 11) is 0. The maximum atomic E-state index is 13.0. The van der Waals surface area contributed by atoms with Crippen LogP contribution in [-0.2, 0) is 9.47 Å². The number of carbonyl (C=O) groups is 2. The van der Waals surface area contributed by atoms with Crippen molar-refractivity contribution in [3.63, 3.8) is 0 Å². The molecule has 8 heteroatoms. The van der Waals surface area contributed by atoms with Crippen LogP contribution >= 0.6 is 0 Å². The number of hydrogen-bond acceptors (Lipinski definition) is 6. The highest BCUT2D eigenvalue weighted by Gasteiger charge is 2.38. The number of nitrogens with one attached hydrogen (secondary N) is 2. The minimum atomic E-state index is -0.539. The summed E-state index contributed by atoms with van der Waals surface area (Å²) in [6.45, 7) is 10.3. The van der Waals surface area contributed by atoms with Crippen LogP contribution in [0.3, 0.4) is 0 Å². The molecule has 3 rings (SSSR count). The van der Waals surface area contributed by atoms with Crippen molar-refractivity contribution in [2.24, 2.45) is 5.41 Å². The summed E-state index contributed by atoms with van der Waals surface area (Å²) in [5.41, 5.74) is -0.257. The third-order valence-corrected chi connectivity index (χ3v) is 5.81. The average Bonchev–Trinajstić information content (AvgIpc) is 2.75. The van der Waals surface area contributed by atoms with Gasteiger partial charge in [0.1, 0.15) is 18.0 Å². The van der Waals surface area contributed by atoms with Gasteiger partial charge < -0.3 is 29.7 Å². The number of para-hydroxylation sites is 1. The van der Waals surface area contributed by atoms with Crippen molar-refractivity contribution in [3.8, 4) is 5.75 Å². The molecule has 2 heterocycles. The highest BCUT2D eigenvalue weighted by atomic mass is 16.6. The normalized spacial score (nSPS) is 23.8. The van der Waals surface area contributed by atoms with E-state index in [-0.39, 0.29) is 17.4 Å². The van der Waals surface area contributed by atoms with Gasteiger partial charge in [0.05, 0.1) is 18.8 Å². The Morgan fingerprint density at radius 2 is 1.94 bits per heavy atom. The summed E-state index contributed by atoms with van der Waals surface area (Å²) in [6, 6.07) is 7.25. The second-order valence-electron chi connectivity index (χ2n) is 9.65. The number of rotatable bonds is 0. The van der Waals surface area contributed by atoms with E-state index in [2.05, 4.69) is 10.6 Å². The van der Waals surface area contributed by atoms with Crippen LogP contribution in [0.1, 0.15) is 50.4 Å². The Hall–Kier alpha value is -2.32. The Balaban J connectivity index is 1.76. The molecule has 1 aromatic rings. The molecule has 0 radical (unpaired) electrons. The van der Waals surface area contributed by atoms with Crippen molar-refractivity contribution in [3.05, 3.63) is 29.8 Å². The number of benzene rings is 1. The first kappa shape index (κ1) is 24.3. The molecule has 8 nitrogen and oxygen atoms in total. The molecule has 1 aromatic carbocycles. The molecule has 1 atom stereocenters. The molecule has 2 aliphatic rings. The van der Waals surface area contributed by atoms with Gasteiger partial charge in [0.15, 0.2) is 0 Å². The number of nitrogens with zero attached hydrogens (tertiary/aromatic N) is 1. The van der Waals surface area contributed by atoms with Gasteiger partial charge in [-0.2, -0.15) is 0 Å². The number of amides is 2. The van der Waals surface area contributed by atoms with Gasteiger partial charge in [-0.1, -0.05) is 12.1 Å². The number of carbonyl (C=O) groups excluding carboxylic acids is 2. The zero-order valence-corrected chi connectivity index (χ0v) is 19.6. The summed E-state index contributed by atoms with van der Waals surface area (Å²) >= 11 is 0. The Morgan fingerprint density at radius 1 is 1.12 bits per heavy atom. The van der Waals surface area contributed by atoms with Crippen LogP contribution in [0.2, 0.25) is 0 Å². The molecule has 0 aliphatic carbocycles. The van der Waals surface area contributed by atoms with E-state index >= 15 is 0 Å². The minimum absolute atomic E-state index is 0.168. The quantitative estimate of drug-likeness (QED) is 0.636. The predicted molar refractivity (Wildman–Crippen MR) is 122 cm³/mol. The molecule has 1 spiro atoms. The molecular formula is C24H37N3O5. The number of fused-ring (bicyclic) bond motifs is 1. The molecule has 2 aliphatic heterocycles. The van der Waals surface area contributed by atoms with Crippen LogP contribution in [0.25, 0.3) is 0 Å². The maximum absolute atomic E-state index is 13.0. The number of ether oxygens (including phenoxy) is 3. The molecule has 1 fully saturated rings. The van der Waals surface area contributed by atoms with E-state index in [0.29, 0.717) is 50.8 Å². The molecule has 2 N–H and O–H groups in total. The standard InChI is InChI=1S/C24H37N3O5/c1-23(2,3)32-22(29)27-13-6-9-24(18-27)10-11-25-12-14-30-15-16-31-20-8-5-4-7-19(20)21(28)26-17-24/h4-5,7-8,25H,6,9-18H2,1-3H3,(H,26,28). The summed E-state index contributed by atoms with van der Waals surface area (Å²) in [5, 5.41) is 6.54. The third kappa shape index (κ3) is 7.10. The van der Waals surface area contributed by atoms with Crippen molar-refractivity contribution in [1.82, 2.24) is 15.5 Å². The topological polar surface area (TPSA) is 89.1 Å². The van der Waals surface area contributed by atoms with Gasteiger partial charge in [0.2, 0.25) is 0 Å². The zero-order chi connectivity index (χ0) is 23.0. The largest absolute Gasteiger partial charge is 0.490 e. The smallest absolute Gasteiger partial charge is 0.410 e. The second-order valence-corrected chi connectivity index (χ2v) is 9.65. The fourth-order valence-electron chi connectivity index (χ4n) is 4.21. The van der Waals surface area contributed by atoms with Crippen LogP contribution < -0.4 is 15.4 Å². The molecule has 0 saturated carbocycles. The van der Waals surface area contributed by atoms with Gasteiger partial charge >= 0.3 is 6.09 Å². The molecule has 1 unspecified atom stereocenters. The Bertz CT molecular complexity index is 779. The Labute approximate surface area is 191 Å². The minimum Gasteiger partial charge on any atom is -0.490 e. The van der Waals surface area contributed by atoms with Gasteiger partial charge in [0.25, 0.3) is 5.91 Å². The molecule has 178 valence electrons. The predicted octanol–water partition coefficient (Wildman–Crippen LogP) is 2.82. The SMILES string of the molecule is CC(C)(C)OC(=O)N1CCCC2(CCNCCOCCOc3ccccc3C(=O)NC2)C1. The van der Waals surface area contributed by atoms with E-state index in [1.165, 1.54) is 0 Å². The van der Waals surface area contributed by atoms with E-state index in [1.807, 2.05) is 32.9 Å². The van der Waals surface area contributed by atoms with Crippen molar-refractivity contribution >= 4 is 12.0 Å². The van der Waals surface area contributed by atoms with E-state index < -0.39 is 5.60 Å². The fourth-order valence-corrected chi connectivity index (χ4v) is 4.21. The summed E-state index contributed by atoms with van der Waals surface area (Å²) in [5.74, 6) is 0.382. The van der Waals surface area contributed by atoms with E-state index in [4.69, 9.17) is 14.2 Å². The highest BCUT2D eigenvalue weighted by molar-refractivity contribution is 5.96. The molecule has 0 bridgehead atoms. The Morgan fingerprint density at radius 3 is 2.75 bits per heavy atom. The lowest BCUT2D eigenvalue weighted by molar-refractivity contribution is 0.00279. The van der Waals surface area contributed by atoms with Crippen LogP contribution in [0, 0.1) is 5.41 Å². The second kappa shape index (κ2) is 11.0. The van der Waals surface area contributed by atoms with Crippen molar-refractivity contribution < 1.29 is 23.8 Å². The molecule has 1 saturated heterocycles. The van der Waals surface area contributed by atoms with E-state index in [1.54, 1.807) is 17.0 Å². The first-order valence-corrected chi connectivity index (χ1v) is 11.5. The number of likely N-dealkylation sites (tertiary alicyclic amines) is 1. The van der Waals surface area contributed by atoms with Crippen LogP contribution in [-0.4, -0.2) is 75.0 Å². The van der Waals surface area contributed by atoms with Gasteiger partial charge in [-0.05, 0) is 58.7 Å². The van der Waals surface area contributed by atoms with Crippen LogP contribution in [0.4, 0.5) is 4.79 Å². The van der Waals surface area contributed by atoms with Crippen LogP contribution in [0.5, 0.6) is 5.75 Å². The van der Waals surface area contributed by atoms with E-state index in [9.17, 15) is 9.59 Å². The third-order valence-electron chi connectivity index (χ3n) is 5.81. The first-order valence-electron chi connectivity index (χ1n) is 11.5. The fraction of sp³-hybridized carbons (Fsp3) is 0.667. The lowest BCUT2D eigenvalue weighted by Gasteiger charge is -2.43. The zero-order valence-electron chi connectivity index (χ0n) is 19.6. The van der Waals surface area contributed by atoms with Crippen molar-refractivity contribution in [1.29, 1.82) is 0 Å². The average molecular weight is 448 g/mol. The monoisotopic (exact) mass is 447 g/mol. The number of piperidine rings is 1. The highest BCUT2D eigenvalue weighted by Crippen LogP contribution is 2.34. The molecule has 2 amide bonds. The van der Waals surface area contributed by atoms with Gasteiger partial charge in [-0.15, -0.1) is 0 Å². The molecule has 0 aromatic heterocycles.